The standard InChI is InChI=1S/C16H27N3O/c1-5-6-7-10-19(12(2)3)15-11-13(16(20)18-4)8-9-14(15)17/h8-9,11-12H,5-7,10,17H2,1-4H3,(H,18,20). The van der Waals surface area contributed by atoms with Gasteiger partial charge in [-0.05, 0) is 38.5 Å². The van der Waals surface area contributed by atoms with E-state index in [1.54, 1.807) is 13.1 Å². The number of benzene rings is 1. The third kappa shape index (κ3) is 4.15. The molecule has 3 N–H and O–H groups in total. The van der Waals surface area contributed by atoms with Crippen LogP contribution in [0.5, 0.6) is 0 Å². The highest BCUT2D eigenvalue weighted by molar-refractivity contribution is 5.96. The summed E-state index contributed by atoms with van der Waals surface area (Å²) in [6.07, 6.45) is 3.54. The van der Waals surface area contributed by atoms with Gasteiger partial charge in [0.15, 0.2) is 0 Å². The number of anilines is 2. The highest BCUT2D eigenvalue weighted by Crippen LogP contribution is 2.27. The number of carbonyl (C=O) groups is 1. The summed E-state index contributed by atoms with van der Waals surface area (Å²) in [4.78, 5) is 14.0. The van der Waals surface area contributed by atoms with E-state index in [0.717, 1.165) is 24.3 Å². The molecule has 1 amide bonds. The summed E-state index contributed by atoms with van der Waals surface area (Å²) in [6.45, 7) is 7.46. The lowest BCUT2D eigenvalue weighted by atomic mass is 10.1. The molecular formula is C16H27N3O. The summed E-state index contributed by atoms with van der Waals surface area (Å²) >= 11 is 0. The van der Waals surface area contributed by atoms with Crippen LogP contribution in [0.2, 0.25) is 0 Å². The molecule has 0 bridgehead atoms. The molecule has 20 heavy (non-hydrogen) atoms. The van der Waals surface area contributed by atoms with Crippen molar-refractivity contribution in [2.24, 2.45) is 0 Å². The van der Waals surface area contributed by atoms with E-state index in [1.807, 2.05) is 12.1 Å². The van der Waals surface area contributed by atoms with Gasteiger partial charge in [-0.25, -0.2) is 0 Å². The Bertz CT molecular complexity index is 443. The Balaban J connectivity index is 3.02. The first-order valence-electron chi connectivity index (χ1n) is 7.39. The summed E-state index contributed by atoms with van der Waals surface area (Å²) < 4.78 is 0. The average molecular weight is 277 g/mol. The number of amides is 1. The minimum atomic E-state index is -0.0801. The maximum atomic E-state index is 11.8. The molecule has 1 aromatic rings. The first-order valence-corrected chi connectivity index (χ1v) is 7.39. The van der Waals surface area contributed by atoms with Crippen LogP contribution in [-0.4, -0.2) is 25.5 Å². The summed E-state index contributed by atoms with van der Waals surface area (Å²) in [5.74, 6) is -0.0801. The molecule has 0 atom stereocenters. The van der Waals surface area contributed by atoms with Crippen LogP contribution in [0.3, 0.4) is 0 Å². The number of hydrogen-bond donors (Lipinski definition) is 2. The van der Waals surface area contributed by atoms with Gasteiger partial charge >= 0.3 is 0 Å². The van der Waals surface area contributed by atoms with Crippen molar-refractivity contribution < 1.29 is 4.79 Å². The number of unbranched alkanes of at least 4 members (excludes halogenated alkanes) is 2. The molecule has 112 valence electrons. The molecule has 0 fully saturated rings. The number of nitrogens with two attached hydrogens (primary N) is 1. The van der Waals surface area contributed by atoms with E-state index >= 15 is 0 Å². The van der Waals surface area contributed by atoms with E-state index in [9.17, 15) is 4.79 Å². The molecule has 0 aliphatic carbocycles. The van der Waals surface area contributed by atoms with Crippen molar-refractivity contribution in [3.63, 3.8) is 0 Å². The van der Waals surface area contributed by atoms with E-state index in [0.29, 0.717) is 11.6 Å². The monoisotopic (exact) mass is 277 g/mol. The van der Waals surface area contributed by atoms with E-state index in [-0.39, 0.29) is 5.91 Å². The van der Waals surface area contributed by atoms with Gasteiger partial charge in [0, 0.05) is 25.2 Å². The van der Waals surface area contributed by atoms with Crippen molar-refractivity contribution in [3.05, 3.63) is 23.8 Å². The summed E-state index contributed by atoms with van der Waals surface area (Å²) in [7, 11) is 1.64. The van der Waals surface area contributed by atoms with Gasteiger partial charge in [0.1, 0.15) is 0 Å². The second-order valence-electron chi connectivity index (χ2n) is 5.35. The lowest BCUT2D eigenvalue weighted by molar-refractivity contribution is 0.0963. The third-order valence-corrected chi connectivity index (χ3v) is 3.46. The van der Waals surface area contributed by atoms with Crippen molar-refractivity contribution in [1.82, 2.24) is 5.32 Å². The van der Waals surface area contributed by atoms with E-state index in [2.05, 4.69) is 31.0 Å². The van der Waals surface area contributed by atoms with Gasteiger partial charge in [-0.15, -0.1) is 0 Å². The van der Waals surface area contributed by atoms with Crippen molar-refractivity contribution in [2.75, 3.05) is 24.2 Å². The molecule has 4 nitrogen and oxygen atoms in total. The van der Waals surface area contributed by atoms with Crippen LogP contribution in [0.15, 0.2) is 18.2 Å². The molecule has 0 aliphatic heterocycles. The number of hydrogen-bond acceptors (Lipinski definition) is 3. The second-order valence-corrected chi connectivity index (χ2v) is 5.35. The van der Waals surface area contributed by atoms with E-state index in [4.69, 9.17) is 5.73 Å². The Morgan fingerprint density at radius 3 is 2.60 bits per heavy atom. The molecule has 0 saturated carbocycles. The zero-order valence-electron chi connectivity index (χ0n) is 13.1. The Hall–Kier alpha value is -1.71. The average Bonchev–Trinajstić information content (AvgIpc) is 2.43. The molecule has 0 spiro atoms. The van der Waals surface area contributed by atoms with Crippen molar-refractivity contribution in [3.8, 4) is 0 Å². The van der Waals surface area contributed by atoms with Crippen molar-refractivity contribution in [2.45, 2.75) is 46.1 Å². The molecule has 4 heteroatoms. The van der Waals surface area contributed by atoms with Gasteiger partial charge in [-0.2, -0.15) is 0 Å². The van der Waals surface area contributed by atoms with E-state index in [1.165, 1.54) is 12.8 Å². The van der Waals surface area contributed by atoms with Crippen LogP contribution >= 0.6 is 0 Å². The fourth-order valence-electron chi connectivity index (χ4n) is 2.27. The molecular weight excluding hydrogens is 250 g/mol. The summed E-state index contributed by atoms with van der Waals surface area (Å²) in [5, 5.41) is 2.65. The van der Waals surface area contributed by atoms with Crippen LogP contribution in [0.4, 0.5) is 11.4 Å². The molecule has 0 heterocycles. The molecule has 0 radical (unpaired) electrons. The zero-order chi connectivity index (χ0) is 15.1. The van der Waals surface area contributed by atoms with Crippen LogP contribution < -0.4 is 16.0 Å². The summed E-state index contributed by atoms with van der Waals surface area (Å²) in [6, 6.07) is 5.83. The molecule has 1 aromatic carbocycles. The van der Waals surface area contributed by atoms with E-state index < -0.39 is 0 Å². The normalized spacial score (nSPS) is 10.7. The smallest absolute Gasteiger partial charge is 0.251 e. The number of nitrogen functional groups attached to an aromatic ring is 1. The van der Waals surface area contributed by atoms with Crippen LogP contribution in [0, 0.1) is 0 Å². The Morgan fingerprint density at radius 1 is 1.35 bits per heavy atom. The van der Waals surface area contributed by atoms with Gasteiger partial charge < -0.3 is 16.0 Å². The molecule has 0 unspecified atom stereocenters. The van der Waals surface area contributed by atoms with Crippen LogP contribution in [0.25, 0.3) is 0 Å². The Kier molecular flexibility index (Phi) is 6.36. The molecule has 0 saturated heterocycles. The van der Waals surface area contributed by atoms with Gasteiger partial charge in [-0.1, -0.05) is 19.8 Å². The highest BCUT2D eigenvalue weighted by atomic mass is 16.1. The lowest BCUT2D eigenvalue weighted by Gasteiger charge is -2.30. The zero-order valence-corrected chi connectivity index (χ0v) is 13.1. The number of nitrogens with one attached hydrogen (secondary N) is 1. The lowest BCUT2D eigenvalue weighted by Crippen LogP contribution is -2.32. The maximum absolute atomic E-state index is 11.8. The predicted molar refractivity (Wildman–Crippen MR) is 86.3 cm³/mol. The van der Waals surface area contributed by atoms with Crippen LogP contribution in [-0.2, 0) is 0 Å². The number of rotatable bonds is 7. The van der Waals surface area contributed by atoms with Crippen molar-refractivity contribution >= 4 is 17.3 Å². The van der Waals surface area contributed by atoms with Crippen LogP contribution in [0.1, 0.15) is 50.4 Å². The minimum absolute atomic E-state index is 0.0801. The first-order chi connectivity index (χ1) is 9.51. The molecule has 1 rings (SSSR count). The van der Waals surface area contributed by atoms with Gasteiger partial charge in [0.05, 0.1) is 11.4 Å². The number of carbonyl (C=O) groups excluding carboxylic acids is 1. The quantitative estimate of drug-likeness (QED) is 0.595. The summed E-state index contributed by atoms with van der Waals surface area (Å²) in [5.41, 5.74) is 8.43. The van der Waals surface area contributed by atoms with Crippen molar-refractivity contribution in [1.29, 1.82) is 0 Å². The van der Waals surface area contributed by atoms with Gasteiger partial charge in [-0.3, -0.25) is 4.79 Å². The van der Waals surface area contributed by atoms with Gasteiger partial charge in [0.25, 0.3) is 5.91 Å². The second kappa shape index (κ2) is 7.78. The Morgan fingerprint density at radius 2 is 2.05 bits per heavy atom. The SMILES string of the molecule is CCCCCN(c1cc(C(=O)NC)ccc1N)C(C)C. The highest BCUT2D eigenvalue weighted by Gasteiger charge is 2.15. The largest absolute Gasteiger partial charge is 0.397 e. The first kappa shape index (κ1) is 16.3. The fraction of sp³-hybridized carbons (Fsp3) is 0.562. The molecule has 0 aromatic heterocycles. The Labute approximate surface area is 122 Å². The third-order valence-electron chi connectivity index (χ3n) is 3.46. The fourth-order valence-corrected chi connectivity index (χ4v) is 2.27. The van der Waals surface area contributed by atoms with Gasteiger partial charge in [0.2, 0.25) is 0 Å². The molecule has 0 aliphatic rings. The predicted octanol–water partition coefficient (Wildman–Crippen LogP) is 3.03. The number of nitrogens with zero attached hydrogens (tertiary/aromatic N) is 1. The topological polar surface area (TPSA) is 58.4 Å². The minimum Gasteiger partial charge on any atom is -0.397 e. The maximum Gasteiger partial charge on any atom is 0.251 e.